The van der Waals surface area contributed by atoms with Gasteiger partial charge in [-0.15, -0.1) is 0 Å². The van der Waals surface area contributed by atoms with Gasteiger partial charge in [0.15, 0.2) is 5.65 Å². The number of fused-ring (bicyclic) bond motifs is 1. The number of hydrogen-bond donors (Lipinski definition) is 3. The van der Waals surface area contributed by atoms with E-state index >= 15 is 0 Å². The van der Waals surface area contributed by atoms with Crippen molar-refractivity contribution in [3.8, 4) is 5.75 Å². The fourth-order valence-corrected chi connectivity index (χ4v) is 2.63. The van der Waals surface area contributed by atoms with Gasteiger partial charge >= 0.3 is 5.97 Å². The molecule has 1 aromatic carbocycles. The van der Waals surface area contributed by atoms with E-state index in [9.17, 15) is 14.3 Å². The molecule has 4 N–H and O–H groups in total. The summed E-state index contributed by atoms with van der Waals surface area (Å²) >= 11 is 0. The Bertz CT molecular complexity index is 975. The van der Waals surface area contributed by atoms with Crippen LogP contribution in [-0.2, 0) is 0 Å². The van der Waals surface area contributed by atoms with Crippen LogP contribution in [0.3, 0.4) is 0 Å². The van der Waals surface area contributed by atoms with Gasteiger partial charge in [0.05, 0.1) is 12.2 Å². The number of aromatic carboxylic acids is 1. The van der Waals surface area contributed by atoms with Gasteiger partial charge in [0, 0.05) is 18.3 Å². The zero-order valence-corrected chi connectivity index (χ0v) is 14.9. The standard InChI is InChI=1S/C18H20FN5O3/c1-10(8-20)27-15-4-3-12(19)7-13(15)11(2)22-16-5-6-24-17(23-16)14(9-21-24)18(25)26/h3-7,9-11H,8,20H2,1-2H3,(H,22,23)(H,25,26)/t10?,11-/m1/s1. The van der Waals surface area contributed by atoms with Crippen LogP contribution in [0, 0.1) is 5.82 Å². The Morgan fingerprint density at radius 2 is 2.19 bits per heavy atom. The summed E-state index contributed by atoms with van der Waals surface area (Å²) in [7, 11) is 0. The van der Waals surface area contributed by atoms with E-state index < -0.39 is 11.8 Å². The number of nitrogens with two attached hydrogens (primary N) is 1. The summed E-state index contributed by atoms with van der Waals surface area (Å²) in [5.41, 5.74) is 6.41. The Balaban J connectivity index is 1.90. The lowest BCUT2D eigenvalue weighted by Gasteiger charge is -2.21. The van der Waals surface area contributed by atoms with Gasteiger partial charge in [-0.05, 0) is 38.1 Å². The Morgan fingerprint density at radius 3 is 2.89 bits per heavy atom. The number of carboxylic acids is 1. The summed E-state index contributed by atoms with van der Waals surface area (Å²) in [5.74, 6) is -0.552. The number of halogens is 1. The Kier molecular flexibility index (Phi) is 5.22. The molecule has 3 rings (SSSR count). The number of aromatic nitrogens is 3. The van der Waals surface area contributed by atoms with Crippen LogP contribution in [0.25, 0.3) is 5.65 Å². The minimum absolute atomic E-state index is 0.00199. The number of anilines is 1. The van der Waals surface area contributed by atoms with Gasteiger partial charge in [-0.25, -0.2) is 18.7 Å². The predicted molar refractivity (Wildman–Crippen MR) is 97.5 cm³/mol. The Hall–Kier alpha value is -3.20. The molecule has 0 aliphatic carbocycles. The summed E-state index contributed by atoms with van der Waals surface area (Å²) in [6.07, 6.45) is 2.62. The van der Waals surface area contributed by atoms with Crippen LogP contribution < -0.4 is 15.8 Å². The van der Waals surface area contributed by atoms with E-state index in [1.165, 1.54) is 22.8 Å². The minimum Gasteiger partial charge on any atom is -0.489 e. The first kappa shape index (κ1) is 18.6. The predicted octanol–water partition coefficient (Wildman–Crippen LogP) is 2.47. The van der Waals surface area contributed by atoms with Gasteiger partial charge in [0.25, 0.3) is 0 Å². The quantitative estimate of drug-likeness (QED) is 0.583. The second-order valence-corrected chi connectivity index (χ2v) is 6.16. The first-order chi connectivity index (χ1) is 12.9. The molecule has 0 saturated heterocycles. The molecule has 2 aromatic heterocycles. The van der Waals surface area contributed by atoms with Crippen molar-refractivity contribution in [3.63, 3.8) is 0 Å². The highest BCUT2D eigenvalue weighted by molar-refractivity contribution is 5.94. The maximum absolute atomic E-state index is 13.8. The van der Waals surface area contributed by atoms with Gasteiger partial charge in [-0.1, -0.05) is 0 Å². The van der Waals surface area contributed by atoms with Crippen molar-refractivity contribution in [2.75, 3.05) is 11.9 Å². The van der Waals surface area contributed by atoms with Crippen molar-refractivity contribution in [3.05, 3.63) is 53.6 Å². The molecular formula is C18H20FN5O3. The van der Waals surface area contributed by atoms with E-state index in [0.29, 0.717) is 23.7 Å². The van der Waals surface area contributed by atoms with Crippen LogP contribution in [0.4, 0.5) is 10.2 Å². The number of carbonyl (C=O) groups is 1. The fraction of sp³-hybridized carbons (Fsp3) is 0.278. The van der Waals surface area contributed by atoms with Gasteiger partial charge in [-0.3, -0.25) is 0 Å². The topological polar surface area (TPSA) is 115 Å². The Labute approximate surface area is 154 Å². The molecule has 0 saturated carbocycles. The normalized spacial score (nSPS) is 13.3. The lowest BCUT2D eigenvalue weighted by Crippen LogP contribution is -2.24. The van der Waals surface area contributed by atoms with Gasteiger partial charge < -0.3 is 20.9 Å². The van der Waals surface area contributed by atoms with Crippen LogP contribution in [-0.4, -0.2) is 38.3 Å². The lowest BCUT2D eigenvalue weighted by molar-refractivity contribution is 0.0698. The summed E-state index contributed by atoms with van der Waals surface area (Å²) in [5, 5.41) is 16.3. The molecule has 2 heterocycles. The molecule has 0 aliphatic rings. The van der Waals surface area contributed by atoms with E-state index in [2.05, 4.69) is 15.4 Å². The third-order valence-electron chi connectivity index (χ3n) is 4.06. The summed E-state index contributed by atoms with van der Waals surface area (Å²) < 4.78 is 20.9. The molecule has 0 fully saturated rings. The van der Waals surface area contributed by atoms with Crippen LogP contribution in [0.2, 0.25) is 0 Å². The molecule has 9 heteroatoms. The number of rotatable bonds is 7. The van der Waals surface area contributed by atoms with Gasteiger partial charge in [0.1, 0.15) is 29.1 Å². The van der Waals surface area contributed by atoms with Crippen molar-refractivity contribution >= 4 is 17.4 Å². The number of hydrogen-bond acceptors (Lipinski definition) is 6. The molecule has 8 nitrogen and oxygen atoms in total. The highest BCUT2D eigenvalue weighted by Crippen LogP contribution is 2.29. The van der Waals surface area contributed by atoms with Crippen molar-refractivity contribution in [1.29, 1.82) is 0 Å². The molecule has 27 heavy (non-hydrogen) atoms. The van der Waals surface area contributed by atoms with Crippen molar-refractivity contribution < 1.29 is 19.0 Å². The molecule has 0 radical (unpaired) electrons. The van der Waals surface area contributed by atoms with Crippen LogP contribution in [0.5, 0.6) is 5.75 Å². The summed E-state index contributed by atoms with van der Waals surface area (Å²) in [6.45, 7) is 3.99. The smallest absolute Gasteiger partial charge is 0.341 e. The van der Waals surface area contributed by atoms with Crippen LogP contribution >= 0.6 is 0 Å². The first-order valence-electron chi connectivity index (χ1n) is 8.39. The second kappa shape index (κ2) is 7.58. The van der Waals surface area contributed by atoms with E-state index in [1.54, 1.807) is 18.3 Å². The van der Waals surface area contributed by atoms with E-state index in [4.69, 9.17) is 10.5 Å². The van der Waals surface area contributed by atoms with Crippen LogP contribution in [0.15, 0.2) is 36.7 Å². The number of carboxylic acid groups (broad SMARTS) is 1. The lowest BCUT2D eigenvalue weighted by atomic mass is 10.1. The number of nitrogens with one attached hydrogen (secondary N) is 1. The molecular weight excluding hydrogens is 353 g/mol. The number of benzene rings is 1. The van der Waals surface area contributed by atoms with E-state index in [-0.39, 0.29) is 23.4 Å². The third-order valence-corrected chi connectivity index (χ3v) is 4.06. The number of ether oxygens (including phenoxy) is 1. The van der Waals surface area contributed by atoms with Gasteiger partial charge in [0.2, 0.25) is 0 Å². The van der Waals surface area contributed by atoms with E-state index in [0.717, 1.165) is 0 Å². The van der Waals surface area contributed by atoms with Gasteiger partial charge in [-0.2, -0.15) is 5.10 Å². The first-order valence-corrected chi connectivity index (χ1v) is 8.39. The zero-order valence-electron chi connectivity index (χ0n) is 14.9. The third kappa shape index (κ3) is 3.98. The van der Waals surface area contributed by atoms with Crippen LogP contribution in [0.1, 0.15) is 35.8 Å². The van der Waals surface area contributed by atoms with Crippen molar-refractivity contribution in [1.82, 2.24) is 14.6 Å². The monoisotopic (exact) mass is 373 g/mol. The molecule has 3 aromatic rings. The van der Waals surface area contributed by atoms with E-state index in [1.807, 2.05) is 13.8 Å². The average molecular weight is 373 g/mol. The maximum atomic E-state index is 13.8. The SMILES string of the molecule is CC(CN)Oc1ccc(F)cc1[C@@H](C)Nc1ccn2ncc(C(=O)O)c2n1. The molecule has 0 spiro atoms. The maximum Gasteiger partial charge on any atom is 0.341 e. The molecule has 2 atom stereocenters. The van der Waals surface area contributed by atoms with Crippen molar-refractivity contribution in [2.45, 2.75) is 26.0 Å². The largest absolute Gasteiger partial charge is 0.489 e. The average Bonchev–Trinajstić information content (AvgIpc) is 3.06. The zero-order chi connectivity index (χ0) is 19.6. The molecule has 0 amide bonds. The molecule has 1 unspecified atom stereocenters. The number of nitrogens with zero attached hydrogens (tertiary/aromatic N) is 3. The summed E-state index contributed by atoms with van der Waals surface area (Å²) in [6, 6.07) is 5.57. The minimum atomic E-state index is -1.11. The molecule has 0 aliphatic heterocycles. The van der Waals surface area contributed by atoms with Crippen molar-refractivity contribution in [2.24, 2.45) is 5.73 Å². The summed E-state index contributed by atoms with van der Waals surface area (Å²) in [4.78, 5) is 15.6. The highest BCUT2D eigenvalue weighted by atomic mass is 19.1. The fourth-order valence-electron chi connectivity index (χ4n) is 2.63. The second-order valence-electron chi connectivity index (χ2n) is 6.16. The Morgan fingerprint density at radius 1 is 1.41 bits per heavy atom. The highest BCUT2D eigenvalue weighted by Gasteiger charge is 2.17. The molecule has 0 bridgehead atoms. The molecule has 142 valence electrons.